The van der Waals surface area contributed by atoms with E-state index in [0.29, 0.717) is 10.1 Å². The summed E-state index contributed by atoms with van der Waals surface area (Å²) < 4.78 is 2.03. The van der Waals surface area contributed by atoms with Gasteiger partial charge in [-0.2, -0.15) is 0 Å². The van der Waals surface area contributed by atoms with Crippen molar-refractivity contribution in [1.29, 1.82) is 0 Å². The number of rotatable bonds is 5. The molecule has 1 saturated heterocycles. The first-order valence-corrected chi connectivity index (χ1v) is 11.5. The Morgan fingerprint density at radius 2 is 1.88 bits per heavy atom. The molecule has 0 saturated carbocycles. The average Bonchev–Trinajstić information content (AvgIpc) is 3.45. The molecule has 0 unspecified atom stereocenters. The molecule has 1 aliphatic heterocycles. The normalized spacial score (nSPS) is 17.5. The Bertz CT molecular complexity index is 1320. The first kappa shape index (κ1) is 22.1. The summed E-state index contributed by atoms with van der Waals surface area (Å²) in [5.74, 6) is 0.635. The number of hydrogen-bond acceptors (Lipinski definition) is 4. The van der Waals surface area contributed by atoms with Gasteiger partial charge < -0.3 is 20.1 Å². The fourth-order valence-electron chi connectivity index (χ4n) is 4.20. The van der Waals surface area contributed by atoms with Gasteiger partial charge in [0.2, 0.25) is 5.91 Å². The lowest BCUT2D eigenvalue weighted by molar-refractivity contribution is -0.114. The molecule has 1 aromatic carbocycles. The summed E-state index contributed by atoms with van der Waals surface area (Å²) in [4.78, 5) is 22.6. The molecule has 1 amide bonds. The molecule has 0 aliphatic carbocycles. The summed E-state index contributed by atoms with van der Waals surface area (Å²) in [6.07, 6.45) is 5.38. The van der Waals surface area contributed by atoms with Crippen molar-refractivity contribution in [2.24, 2.45) is 0 Å². The lowest BCUT2D eigenvalue weighted by Gasteiger charge is -2.29. The first-order chi connectivity index (χ1) is 16.5. The molecule has 0 spiro atoms. The number of benzene rings is 1. The molecule has 0 radical (unpaired) electrons. The van der Waals surface area contributed by atoms with E-state index in [2.05, 4.69) is 31.6 Å². The van der Waals surface area contributed by atoms with Gasteiger partial charge in [0.1, 0.15) is 11.9 Å². The number of amides is 1. The van der Waals surface area contributed by atoms with E-state index in [1.807, 2.05) is 71.4 Å². The van der Waals surface area contributed by atoms with E-state index in [-0.39, 0.29) is 18.0 Å². The fraction of sp³-hybridized carbons (Fsp3) is 0.120. The van der Waals surface area contributed by atoms with Crippen molar-refractivity contribution >= 4 is 46.2 Å². The van der Waals surface area contributed by atoms with Crippen LogP contribution in [0.3, 0.4) is 0 Å². The molecule has 4 aromatic rings. The molecular formula is C25H21ClN6OS. The van der Waals surface area contributed by atoms with Gasteiger partial charge in [0.05, 0.1) is 16.8 Å². The molecule has 3 aromatic heterocycles. The van der Waals surface area contributed by atoms with Crippen LogP contribution in [0, 0.1) is 0 Å². The summed E-state index contributed by atoms with van der Waals surface area (Å²) in [6, 6.07) is 20.8. The Labute approximate surface area is 207 Å². The Kier molecular flexibility index (Phi) is 6.00. The standard InChI is InChI=1S/C25H21ClN6OS/c1-16(33)29-18-8-10-19(11-9-18)32-24(23(30-25(32)34)20-5-2-3-13-27-20)21-6-4-14-31(21)22-12-7-17(26)15-28-22/h2-15,23-24H,1H3,(H,29,33)(H,30,34)/t23-,24-/m0/s1. The number of carbonyl (C=O) groups excluding carboxylic acids is 1. The zero-order chi connectivity index (χ0) is 23.7. The number of nitrogens with zero attached hydrogens (tertiary/aromatic N) is 4. The maximum Gasteiger partial charge on any atom is 0.221 e. The smallest absolute Gasteiger partial charge is 0.221 e. The molecule has 2 atom stereocenters. The molecule has 9 heteroatoms. The van der Waals surface area contributed by atoms with Crippen LogP contribution in [0.25, 0.3) is 5.82 Å². The van der Waals surface area contributed by atoms with Gasteiger partial charge in [-0.05, 0) is 72.9 Å². The second-order valence-electron chi connectivity index (χ2n) is 7.86. The maximum absolute atomic E-state index is 11.4. The summed E-state index contributed by atoms with van der Waals surface area (Å²) in [6.45, 7) is 1.49. The van der Waals surface area contributed by atoms with Gasteiger partial charge in [0.15, 0.2) is 5.11 Å². The largest absolute Gasteiger partial charge is 0.351 e. The number of hydrogen-bond donors (Lipinski definition) is 2. The zero-order valence-corrected chi connectivity index (χ0v) is 19.8. The van der Waals surface area contributed by atoms with Crippen LogP contribution in [0.5, 0.6) is 0 Å². The molecule has 2 N–H and O–H groups in total. The Balaban J connectivity index is 1.61. The third kappa shape index (κ3) is 4.25. The van der Waals surface area contributed by atoms with Crippen LogP contribution in [0.2, 0.25) is 5.02 Å². The van der Waals surface area contributed by atoms with E-state index >= 15 is 0 Å². The van der Waals surface area contributed by atoms with E-state index in [4.69, 9.17) is 23.8 Å². The zero-order valence-electron chi connectivity index (χ0n) is 18.2. The lowest BCUT2D eigenvalue weighted by Crippen LogP contribution is -2.30. The van der Waals surface area contributed by atoms with Crippen LogP contribution >= 0.6 is 23.8 Å². The van der Waals surface area contributed by atoms with E-state index in [1.54, 1.807) is 12.4 Å². The highest BCUT2D eigenvalue weighted by Crippen LogP contribution is 2.42. The molecular weight excluding hydrogens is 468 g/mol. The number of pyridine rings is 2. The van der Waals surface area contributed by atoms with Crippen molar-refractivity contribution in [2.75, 3.05) is 10.2 Å². The van der Waals surface area contributed by atoms with Gasteiger partial charge in [-0.25, -0.2) is 4.98 Å². The predicted molar refractivity (Wildman–Crippen MR) is 137 cm³/mol. The highest BCUT2D eigenvalue weighted by atomic mass is 35.5. The molecule has 34 heavy (non-hydrogen) atoms. The van der Waals surface area contributed by atoms with Crippen molar-refractivity contribution in [1.82, 2.24) is 19.9 Å². The summed E-state index contributed by atoms with van der Waals surface area (Å²) in [5, 5.41) is 7.43. The average molecular weight is 489 g/mol. The van der Waals surface area contributed by atoms with E-state index in [1.165, 1.54) is 6.92 Å². The second-order valence-corrected chi connectivity index (χ2v) is 8.69. The minimum atomic E-state index is -0.207. The van der Waals surface area contributed by atoms with Gasteiger partial charge >= 0.3 is 0 Å². The third-order valence-electron chi connectivity index (χ3n) is 5.61. The fourth-order valence-corrected chi connectivity index (χ4v) is 4.65. The highest BCUT2D eigenvalue weighted by Gasteiger charge is 2.42. The number of thiocarbonyl (C=S) groups is 1. The maximum atomic E-state index is 11.4. The van der Waals surface area contributed by atoms with E-state index in [0.717, 1.165) is 28.6 Å². The minimum absolute atomic E-state index is 0.118. The molecule has 7 nitrogen and oxygen atoms in total. The van der Waals surface area contributed by atoms with Gasteiger partial charge in [0, 0.05) is 42.6 Å². The van der Waals surface area contributed by atoms with E-state index < -0.39 is 0 Å². The summed E-state index contributed by atoms with van der Waals surface area (Å²) >= 11 is 11.9. The number of anilines is 2. The van der Waals surface area contributed by atoms with Crippen LogP contribution in [0.4, 0.5) is 11.4 Å². The summed E-state index contributed by atoms with van der Waals surface area (Å²) in [7, 11) is 0. The summed E-state index contributed by atoms with van der Waals surface area (Å²) in [5.41, 5.74) is 3.49. The van der Waals surface area contributed by atoms with Gasteiger partial charge in [-0.3, -0.25) is 9.78 Å². The second kappa shape index (κ2) is 9.24. The molecule has 0 bridgehead atoms. The predicted octanol–water partition coefficient (Wildman–Crippen LogP) is 5.06. The number of aromatic nitrogens is 3. The third-order valence-corrected chi connectivity index (χ3v) is 6.14. The first-order valence-electron chi connectivity index (χ1n) is 10.7. The van der Waals surface area contributed by atoms with Crippen molar-refractivity contribution in [3.8, 4) is 5.82 Å². The topological polar surface area (TPSA) is 75.1 Å². The van der Waals surface area contributed by atoms with E-state index in [9.17, 15) is 4.79 Å². The Morgan fingerprint density at radius 3 is 2.56 bits per heavy atom. The van der Waals surface area contributed by atoms with Crippen molar-refractivity contribution in [3.05, 3.63) is 102 Å². The Morgan fingerprint density at radius 1 is 1.06 bits per heavy atom. The van der Waals surface area contributed by atoms with Crippen molar-refractivity contribution in [2.45, 2.75) is 19.0 Å². The monoisotopic (exact) mass is 488 g/mol. The van der Waals surface area contributed by atoms with Crippen LogP contribution in [-0.4, -0.2) is 25.6 Å². The van der Waals surface area contributed by atoms with Crippen LogP contribution in [-0.2, 0) is 4.79 Å². The number of nitrogens with one attached hydrogen (secondary N) is 2. The van der Waals surface area contributed by atoms with Crippen molar-refractivity contribution < 1.29 is 4.79 Å². The molecule has 170 valence electrons. The molecule has 1 aliphatic rings. The van der Waals surface area contributed by atoms with Crippen LogP contribution < -0.4 is 15.5 Å². The van der Waals surface area contributed by atoms with Crippen molar-refractivity contribution in [3.63, 3.8) is 0 Å². The number of carbonyl (C=O) groups is 1. The Hall–Kier alpha value is -3.75. The lowest BCUT2D eigenvalue weighted by atomic mass is 10.0. The van der Waals surface area contributed by atoms with Gasteiger partial charge in [-0.1, -0.05) is 17.7 Å². The van der Waals surface area contributed by atoms with Crippen LogP contribution in [0.1, 0.15) is 30.4 Å². The molecule has 4 heterocycles. The minimum Gasteiger partial charge on any atom is -0.351 e. The highest BCUT2D eigenvalue weighted by molar-refractivity contribution is 7.80. The van der Waals surface area contributed by atoms with Crippen LogP contribution in [0.15, 0.2) is 85.3 Å². The quantitative estimate of drug-likeness (QED) is 0.383. The van der Waals surface area contributed by atoms with Gasteiger partial charge in [0.25, 0.3) is 0 Å². The number of halogens is 1. The van der Waals surface area contributed by atoms with Gasteiger partial charge in [-0.15, -0.1) is 0 Å². The molecule has 1 fully saturated rings. The SMILES string of the molecule is CC(=O)Nc1ccc(N2C(=S)N[C@@H](c3ccccn3)[C@@H]2c2cccn2-c2ccc(Cl)cn2)cc1. The molecule has 5 rings (SSSR count).